The van der Waals surface area contributed by atoms with Crippen LogP contribution in [0, 0.1) is 19.7 Å². The summed E-state index contributed by atoms with van der Waals surface area (Å²) in [5.41, 5.74) is 2.42. The number of allylic oxidation sites excluding steroid dienone is 1. The highest BCUT2D eigenvalue weighted by molar-refractivity contribution is 7.11. The number of esters is 1. The Kier molecular flexibility index (Phi) is 4.85. The van der Waals surface area contributed by atoms with Gasteiger partial charge in [-0.25, -0.2) is 14.2 Å². The fourth-order valence-electron chi connectivity index (χ4n) is 1.86. The number of thiazole rings is 1. The van der Waals surface area contributed by atoms with Crippen molar-refractivity contribution in [3.8, 4) is 0 Å². The minimum Gasteiger partial charge on any atom is -0.457 e. The lowest BCUT2D eigenvalue weighted by Crippen LogP contribution is -2.01. The third-order valence-corrected chi connectivity index (χ3v) is 4.03. The second-order valence-corrected chi connectivity index (χ2v) is 5.97. The number of carbonyl (C=O) groups excluding carboxylic acids is 1. The molecule has 2 aromatic rings. The van der Waals surface area contributed by atoms with Gasteiger partial charge in [0.25, 0.3) is 0 Å². The monoisotopic (exact) mass is 305 g/mol. The number of hydrogen-bond donors (Lipinski definition) is 0. The number of rotatable bonds is 4. The van der Waals surface area contributed by atoms with Gasteiger partial charge in [-0.05, 0) is 44.0 Å². The normalized spacial score (nSPS) is 11.5. The van der Waals surface area contributed by atoms with E-state index in [1.165, 1.54) is 29.5 Å². The standard InChI is InChI=1S/C16H16FNO2S/c1-10(13-4-6-14(17)7-5-13)8-16(19)20-9-15-11(2)18-12(3)21-15/h4-8H,9H2,1-3H3/b10-8-. The fourth-order valence-corrected chi connectivity index (χ4v) is 2.71. The molecule has 0 atom stereocenters. The van der Waals surface area contributed by atoms with Gasteiger partial charge in [0.15, 0.2) is 0 Å². The van der Waals surface area contributed by atoms with Gasteiger partial charge in [-0.2, -0.15) is 0 Å². The molecule has 0 aliphatic rings. The van der Waals surface area contributed by atoms with E-state index < -0.39 is 5.97 Å². The van der Waals surface area contributed by atoms with E-state index in [1.807, 2.05) is 13.8 Å². The molecule has 1 heterocycles. The SMILES string of the molecule is C/C(=C/C(=O)OCc1sc(C)nc1C)c1ccc(F)cc1. The van der Waals surface area contributed by atoms with Gasteiger partial charge in [0.2, 0.25) is 0 Å². The van der Waals surface area contributed by atoms with Crippen molar-refractivity contribution in [2.75, 3.05) is 0 Å². The van der Waals surface area contributed by atoms with Crippen LogP contribution in [0.5, 0.6) is 0 Å². The number of halogens is 1. The van der Waals surface area contributed by atoms with Crippen LogP contribution in [0.15, 0.2) is 30.3 Å². The molecule has 5 heteroatoms. The Balaban J connectivity index is 1.98. The Hall–Kier alpha value is -2.01. The van der Waals surface area contributed by atoms with E-state index in [-0.39, 0.29) is 12.4 Å². The van der Waals surface area contributed by atoms with Crippen LogP contribution in [0.25, 0.3) is 5.57 Å². The molecule has 3 nitrogen and oxygen atoms in total. The van der Waals surface area contributed by atoms with Crippen LogP contribution in [0.2, 0.25) is 0 Å². The molecule has 2 rings (SSSR count). The molecule has 0 bridgehead atoms. The number of hydrogen-bond acceptors (Lipinski definition) is 4. The lowest BCUT2D eigenvalue weighted by atomic mass is 10.1. The average Bonchev–Trinajstić information content (AvgIpc) is 2.75. The predicted octanol–water partition coefficient (Wildman–Crippen LogP) is 4.05. The summed E-state index contributed by atoms with van der Waals surface area (Å²) in [5, 5.41) is 0.955. The molecular weight excluding hydrogens is 289 g/mol. The molecule has 0 radical (unpaired) electrons. The van der Waals surface area contributed by atoms with Crippen molar-refractivity contribution in [1.29, 1.82) is 0 Å². The number of aromatic nitrogens is 1. The Labute approximate surface area is 127 Å². The highest BCUT2D eigenvalue weighted by Gasteiger charge is 2.08. The van der Waals surface area contributed by atoms with Gasteiger partial charge >= 0.3 is 5.97 Å². The zero-order valence-electron chi connectivity index (χ0n) is 12.1. The Morgan fingerprint density at radius 1 is 1.33 bits per heavy atom. The van der Waals surface area contributed by atoms with Gasteiger partial charge < -0.3 is 4.74 Å². The molecule has 0 amide bonds. The maximum Gasteiger partial charge on any atom is 0.331 e. The molecular formula is C16H16FNO2S. The van der Waals surface area contributed by atoms with Crippen LogP contribution in [-0.4, -0.2) is 11.0 Å². The number of nitrogens with zero attached hydrogens (tertiary/aromatic N) is 1. The second-order valence-electron chi connectivity index (χ2n) is 4.68. The van der Waals surface area contributed by atoms with E-state index >= 15 is 0 Å². The lowest BCUT2D eigenvalue weighted by molar-refractivity contribution is -0.138. The molecule has 0 fully saturated rings. The van der Waals surface area contributed by atoms with E-state index in [0.29, 0.717) is 0 Å². The van der Waals surface area contributed by atoms with Gasteiger partial charge in [0, 0.05) is 6.08 Å². The zero-order chi connectivity index (χ0) is 15.4. The summed E-state index contributed by atoms with van der Waals surface area (Å²) in [4.78, 5) is 17.0. The number of aryl methyl sites for hydroxylation is 2. The molecule has 0 aliphatic carbocycles. The molecule has 0 saturated carbocycles. The third kappa shape index (κ3) is 4.23. The summed E-state index contributed by atoms with van der Waals surface area (Å²) in [6.07, 6.45) is 1.41. The van der Waals surface area contributed by atoms with Crippen LogP contribution in [-0.2, 0) is 16.1 Å². The van der Waals surface area contributed by atoms with Crippen molar-refractivity contribution >= 4 is 22.9 Å². The summed E-state index contributed by atoms with van der Waals surface area (Å²) in [7, 11) is 0. The van der Waals surface area contributed by atoms with Crippen LogP contribution in [0.3, 0.4) is 0 Å². The summed E-state index contributed by atoms with van der Waals surface area (Å²) in [6.45, 7) is 5.83. The molecule has 21 heavy (non-hydrogen) atoms. The number of ether oxygens (including phenoxy) is 1. The van der Waals surface area contributed by atoms with Gasteiger partial charge in [-0.15, -0.1) is 11.3 Å². The molecule has 0 spiro atoms. The van der Waals surface area contributed by atoms with E-state index in [1.54, 1.807) is 19.1 Å². The van der Waals surface area contributed by atoms with Crippen molar-refractivity contribution in [2.24, 2.45) is 0 Å². The van der Waals surface area contributed by atoms with E-state index in [4.69, 9.17) is 4.74 Å². The minimum absolute atomic E-state index is 0.226. The molecule has 0 saturated heterocycles. The summed E-state index contributed by atoms with van der Waals surface area (Å²) in [6, 6.07) is 5.99. The highest BCUT2D eigenvalue weighted by atomic mass is 32.1. The lowest BCUT2D eigenvalue weighted by Gasteiger charge is -2.03. The van der Waals surface area contributed by atoms with Crippen molar-refractivity contribution in [2.45, 2.75) is 27.4 Å². The molecule has 0 N–H and O–H groups in total. The fraction of sp³-hybridized carbons (Fsp3) is 0.250. The van der Waals surface area contributed by atoms with Crippen LogP contribution in [0.4, 0.5) is 4.39 Å². The minimum atomic E-state index is -0.415. The molecule has 110 valence electrons. The van der Waals surface area contributed by atoms with Crippen molar-refractivity contribution < 1.29 is 13.9 Å². The topological polar surface area (TPSA) is 39.2 Å². The average molecular weight is 305 g/mol. The predicted molar refractivity (Wildman–Crippen MR) is 81.4 cm³/mol. The highest BCUT2D eigenvalue weighted by Crippen LogP contribution is 2.19. The molecule has 0 aliphatic heterocycles. The smallest absolute Gasteiger partial charge is 0.331 e. The zero-order valence-corrected chi connectivity index (χ0v) is 13.0. The maximum atomic E-state index is 12.8. The largest absolute Gasteiger partial charge is 0.457 e. The van der Waals surface area contributed by atoms with Crippen molar-refractivity contribution in [3.63, 3.8) is 0 Å². The van der Waals surface area contributed by atoms with E-state index in [2.05, 4.69) is 4.98 Å². The first-order chi connectivity index (χ1) is 9.95. The van der Waals surface area contributed by atoms with Gasteiger partial charge in [0.05, 0.1) is 15.6 Å². The Bertz CT molecular complexity index is 674. The maximum absolute atomic E-state index is 12.8. The Morgan fingerprint density at radius 3 is 2.57 bits per heavy atom. The van der Waals surface area contributed by atoms with Crippen LogP contribution < -0.4 is 0 Å². The first kappa shape index (κ1) is 15.4. The van der Waals surface area contributed by atoms with Crippen LogP contribution in [0.1, 0.15) is 28.1 Å². The molecule has 0 unspecified atom stereocenters. The van der Waals surface area contributed by atoms with E-state index in [0.717, 1.165) is 26.7 Å². The summed E-state index contributed by atoms with van der Waals surface area (Å²) in [5.74, 6) is -0.715. The third-order valence-electron chi connectivity index (χ3n) is 2.98. The first-order valence-electron chi connectivity index (χ1n) is 6.49. The quantitative estimate of drug-likeness (QED) is 0.632. The van der Waals surface area contributed by atoms with Gasteiger partial charge in [-0.3, -0.25) is 0 Å². The second kappa shape index (κ2) is 6.63. The molecule has 1 aromatic carbocycles. The molecule has 1 aromatic heterocycles. The van der Waals surface area contributed by atoms with Crippen molar-refractivity contribution in [3.05, 3.63) is 57.3 Å². The van der Waals surface area contributed by atoms with Gasteiger partial charge in [-0.1, -0.05) is 12.1 Å². The first-order valence-corrected chi connectivity index (χ1v) is 7.31. The summed E-state index contributed by atoms with van der Waals surface area (Å²) < 4.78 is 18.1. The van der Waals surface area contributed by atoms with Gasteiger partial charge in [0.1, 0.15) is 12.4 Å². The van der Waals surface area contributed by atoms with Crippen molar-refractivity contribution in [1.82, 2.24) is 4.98 Å². The number of carbonyl (C=O) groups is 1. The Morgan fingerprint density at radius 2 is 2.00 bits per heavy atom. The number of benzene rings is 1. The summed E-state index contributed by atoms with van der Waals surface area (Å²) >= 11 is 1.52. The van der Waals surface area contributed by atoms with Crippen LogP contribution >= 0.6 is 11.3 Å². The van der Waals surface area contributed by atoms with E-state index in [9.17, 15) is 9.18 Å².